The highest BCUT2D eigenvalue weighted by Gasteiger charge is 2.41. The SMILES string of the molecule is CC[C@@H]1CC(N(Cc2cc(C(F)(F)F)cc(C(F)(F)F)c2)c2ncc(-c3cnn(C)c3)cn2)CN1C(=O)C1CCCCC1. The van der Waals surface area contributed by atoms with E-state index in [9.17, 15) is 31.1 Å². The minimum atomic E-state index is -4.97. The summed E-state index contributed by atoms with van der Waals surface area (Å²) in [5.41, 5.74) is -1.52. The average molecular weight is 609 g/mol. The van der Waals surface area contributed by atoms with Crippen molar-refractivity contribution in [2.24, 2.45) is 13.0 Å². The van der Waals surface area contributed by atoms with Gasteiger partial charge in [-0.3, -0.25) is 9.48 Å². The van der Waals surface area contributed by atoms with E-state index < -0.39 is 29.5 Å². The standard InChI is InChI=1S/C30H34F6N6O/c1-3-25-12-26(18-41(25)27(43)20-7-5-4-6-8-20)42(28-37-13-21(14-38-28)22-15-39-40(2)17-22)16-19-9-23(29(31,32)33)11-24(10-19)30(34,35)36/h9-11,13-15,17,20,25-26H,3-8,12,16,18H2,1-2H3/t25-,26?/m1/s1. The Morgan fingerprint density at radius 2 is 1.56 bits per heavy atom. The Bertz CT molecular complexity index is 1380. The normalized spacial score (nSPS) is 20.0. The molecule has 1 unspecified atom stereocenters. The molecule has 1 saturated heterocycles. The maximum Gasteiger partial charge on any atom is 0.416 e. The molecule has 1 amide bonds. The maximum absolute atomic E-state index is 13.7. The van der Waals surface area contributed by atoms with Crippen LogP contribution in [0.25, 0.3) is 11.1 Å². The van der Waals surface area contributed by atoms with Gasteiger partial charge in [0.25, 0.3) is 0 Å². The van der Waals surface area contributed by atoms with Crippen LogP contribution >= 0.6 is 0 Å². The Morgan fingerprint density at radius 1 is 0.930 bits per heavy atom. The summed E-state index contributed by atoms with van der Waals surface area (Å²) in [6, 6.07) is 1.09. The number of rotatable bonds is 7. The number of halogens is 6. The van der Waals surface area contributed by atoms with Gasteiger partial charge in [0.15, 0.2) is 0 Å². The van der Waals surface area contributed by atoms with Crippen molar-refractivity contribution in [1.82, 2.24) is 24.6 Å². The molecule has 232 valence electrons. The van der Waals surface area contributed by atoms with Crippen LogP contribution in [0.1, 0.15) is 68.6 Å². The molecule has 5 rings (SSSR count). The Hall–Kier alpha value is -3.64. The molecule has 13 heteroatoms. The van der Waals surface area contributed by atoms with Crippen LogP contribution < -0.4 is 4.90 Å². The zero-order chi connectivity index (χ0) is 30.9. The van der Waals surface area contributed by atoms with Gasteiger partial charge in [0.2, 0.25) is 11.9 Å². The lowest BCUT2D eigenvalue weighted by atomic mass is 9.88. The molecule has 2 atom stereocenters. The van der Waals surface area contributed by atoms with Crippen LogP contribution in [0.3, 0.4) is 0 Å². The van der Waals surface area contributed by atoms with E-state index in [-0.39, 0.29) is 48.5 Å². The third-order valence-electron chi connectivity index (χ3n) is 8.48. The van der Waals surface area contributed by atoms with Crippen LogP contribution in [0.5, 0.6) is 0 Å². The summed E-state index contributed by atoms with van der Waals surface area (Å²) in [6.07, 6.45) is 2.47. The van der Waals surface area contributed by atoms with E-state index in [0.29, 0.717) is 18.4 Å². The Kier molecular flexibility index (Phi) is 8.71. The fourth-order valence-corrected chi connectivity index (χ4v) is 6.22. The summed E-state index contributed by atoms with van der Waals surface area (Å²) in [4.78, 5) is 26.0. The first kappa shape index (κ1) is 30.8. The molecule has 2 aliphatic rings. The third-order valence-corrected chi connectivity index (χ3v) is 8.48. The highest BCUT2D eigenvalue weighted by Crippen LogP contribution is 2.38. The fourth-order valence-electron chi connectivity index (χ4n) is 6.22. The largest absolute Gasteiger partial charge is 0.416 e. The minimum absolute atomic E-state index is 0.0668. The van der Waals surface area contributed by atoms with Gasteiger partial charge < -0.3 is 9.80 Å². The zero-order valence-corrected chi connectivity index (χ0v) is 24.0. The number of hydrogen-bond acceptors (Lipinski definition) is 5. The van der Waals surface area contributed by atoms with Crippen molar-refractivity contribution in [2.45, 2.75) is 82.9 Å². The van der Waals surface area contributed by atoms with Crippen LogP contribution in [-0.4, -0.2) is 49.2 Å². The first-order valence-corrected chi connectivity index (χ1v) is 14.5. The van der Waals surface area contributed by atoms with Crippen molar-refractivity contribution >= 4 is 11.9 Å². The number of alkyl halides is 6. The number of carbonyl (C=O) groups is 1. The van der Waals surface area contributed by atoms with Gasteiger partial charge in [-0.25, -0.2) is 9.97 Å². The van der Waals surface area contributed by atoms with Gasteiger partial charge in [-0.15, -0.1) is 0 Å². The van der Waals surface area contributed by atoms with Gasteiger partial charge in [0.05, 0.1) is 23.4 Å². The van der Waals surface area contributed by atoms with E-state index in [1.54, 1.807) is 41.4 Å². The van der Waals surface area contributed by atoms with Crippen molar-refractivity contribution in [3.63, 3.8) is 0 Å². The quantitative estimate of drug-likeness (QED) is 0.274. The van der Waals surface area contributed by atoms with Crippen molar-refractivity contribution in [1.29, 1.82) is 0 Å². The number of amides is 1. The van der Waals surface area contributed by atoms with Gasteiger partial charge >= 0.3 is 12.4 Å². The Balaban J connectivity index is 1.50. The summed E-state index contributed by atoms with van der Waals surface area (Å²) >= 11 is 0. The molecule has 0 bridgehead atoms. The molecule has 3 heterocycles. The molecule has 43 heavy (non-hydrogen) atoms. The molecule has 1 saturated carbocycles. The third kappa shape index (κ3) is 6.96. The molecule has 2 aromatic heterocycles. The second-order valence-corrected chi connectivity index (χ2v) is 11.5. The second kappa shape index (κ2) is 12.2. The molecule has 1 aliphatic carbocycles. The summed E-state index contributed by atoms with van der Waals surface area (Å²) in [6.45, 7) is 1.96. The number of likely N-dealkylation sites (tertiary alicyclic amines) is 1. The van der Waals surface area contributed by atoms with Crippen molar-refractivity contribution < 1.29 is 31.1 Å². The van der Waals surface area contributed by atoms with E-state index in [1.807, 2.05) is 11.8 Å². The fraction of sp³-hybridized carbons (Fsp3) is 0.533. The van der Waals surface area contributed by atoms with E-state index in [2.05, 4.69) is 15.1 Å². The van der Waals surface area contributed by atoms with E-state index >= 15 is 0 Å². The molecule has 0 radical (unpaired) electrons. The van der Waals surface area contributed by atoms with E-state index in [1.165, 1.54) is 0 Å². The van der Waals surface area contributed by atoms with Crippen LogP contribution in [0.4, 0.5) is 32.3 Å². The monoisotopic (exact) mass is 608 g/mol. The highest BCUT2D eigenvalue weighted by molar-refractivity contribution is 5.79. The van der Waals surface area contributed by atoms with Crippen LogP contribution in [0.15, 0.2) is 43.0 Å². The van der Waals surface area contributed by atoms with Gasteiger partial charge in [0.1, 0.15) is 0 Å². The number of nitrogens with zero attached hydrogens (tertiary/aromatic N) is 6. The van der Waals surface area contributed by atoms with Crippen molar-refractivity contribution in [2.75, 3.05) is 11.4 Å². The lowest BCUT2D eigenvalue weighted by Gasteiger charge is -2.31. The molecular weight excluding hydrogens is 574 g/mol. The van der Waals surface area contributed by atoms with Crippen LogP contribution in [0.2, 0.25) is 0 Å². The number of carbonyl (C=O) groups excluding carboxylic acids is 1. The van der Waals surface area contributed by atoms with Gasteiger partial charge in [-0.2, -0.15) is 31.4 Å². The summed E-state index contributed by atoms with van der Waals surface area (Å²) in [5, 5.41) is 4.14. The van der Waals surface area contributed by atoms with Crippen LogP contribution in [-0.2, 0) is 30.7 Å². The number of aromatic nitrogens is 4. The predicted octanol–water partition coefficient (Wildman–Crippen LogP) is 6.88. The molecule has 2 fully saturated rings. The summed E-state index contributed by atoms with van der Waals surface area (Å²) in [5.74, 6) is 0.161. The molecule has 3 aromatic rings. The molecule has 0 spiro atoms. The van der Waals surface area contributed by atoms with Crippen molar-refractivity contribution in [3.05, 3.63) is 59.7 Å². The van der Waals surface area contributed by atoms with Gasteiger partial charge in [-0.05, 0) is 49.4 Å². The number of hydrogen-bond donors (Lipinski definition) is 0. The van der Waals surface area contributed by atoms with Gasteiger partial charge in [0, 0.05) is 61.8 Å². The maximum atomic E-state index is 13.7. The van der Waals surface area contributed by atoms with Crippen LogP contribution in [0, 0.1) is 5.92 Å². The molecule has 7 nitrogen and oxygen atoms in total. The van der Waals surface area contributed by atoms with E-state index in [4.69, 9.17) is 0 Å². The molecule has 1 aromatic carbocycles. The summed E-state index contributed by atoms with van der Waals surface area (Å²) in [7, 11) is 1.76. The van der Waals surface area contributed by atoms with E-state index in [0.717, 1.165) is 49.8 Å². The number of benzene rings is 1. The zero-order valence-electron chi connectivity index (χ0n) is 24.0. The Labute approximate surface area is 245 Å². The molecular formula is C30H34F6N6O. The lowest BCUT2D eigenvalue weighted by molar-refractivity contribution is -0.143. The van der Waals surface area contributed by atoms with Gasteiger partial charge in [-0.1, -0.05) is 26.2 Å². The first-order chi connectivity index (χ1) is 20.3. The summed E-state index contributed by atoms with van der Waals surface area (Å²) < 4.78 is 83.6. The molecule has 1 aliphatic heterocycles. The second-order valence-electron chi connectivity index (χ2n) is 11.5. The minimum Gasteiger partial charge on any atom is -0.337 e. The first-order valence-electron chi connectivity index (χ1n) is 14.5. The Morgan fingerprint density at radius 3 is 2.09 bits per heavy atom. The topological polar surface area (TPSA) is 67.2 Å². The highest BCUT2D eigenvalue weighted by atomic mass is 19.4. The average Bonchev–Trinajstić information content (AvgIpc) is 3.61. The number of aryl methyl sites for hydroxylation is 1. The van der Waals surface area contributed by atoms with Crippen molar-refractivity contribution in [3.8, 4) is 11.1 Å². The number of anilines is 1. The smallest absolute Gasteiger partial charge is 0.337 e. The molecule has 0 N–H and O–H groups in total. The lowest BCUT2D eigenvalue weighted by Crippen LogP contribution is -2.42. The predicted molar refractivity (Wildman–Crippen MR) is 148 cm³/mol.